The number of aliphatic hydroxyl groups excluding tert-OH is 1. The summed E-state index contributed by atoms with van der Waals surface area (Å²) in [5, 5.41) is 9.12. The predicted molar refractivity (Wildman–Crippen MR) is 98.7 cm³/mol. The topological polar surface area (TPSA) is 99.1 Å². The van der Waals surface area contributed by atoms with Crippen LogP contribution < -0.4 is 0 Å². The zero-order valence-corrected chi connectivity index (χ0v) is 15.8. The second-order valence-corrected chi connectivity index (χ2v) is 7.53. The average molecular weight is 388 g/mol. The quantitative estimate of drug-likeness (QED) is 0.338. The van der Waals surface area contributed by atoms with Gasteiger partial charge < -0.3 is 19.3 Å². The number of carbonyl (C=O) groups excluding carboxylic acids is 3. The summed E-state index contributed by atoms with van der Waals surface area (Å²) in [7, 11) is 0. The maximum absolute atomic E-state index is 12.3. The van der Waals surface area contributed by atoms with Gasteiger partial charge in [-0.3, -0.25) is 4.79 Å². The van der Waals surface area contributed by atoms with Gasteiger partial charge in [-0.05, 0) is 17.9 Å². The molecular formula is C21H24O7. The van der Waals surface area contributed by atoms with Crippen LogP contribution in [-0.4, -0.2) is 47.9 Å². The van der Waals surface area contributed by atoms with Crippen molar-refractivity contribution in [3.05, 3.63) is 48.6 Å². The minimum atomic E-state index is -0.741. The van der Waals surface area contributed by atoms with Crippen molar-refractivity contribution in [3.63, 3.8) is 0 Å². The van der Waals surface area contributed by atoms with Gasteiger partial charge in [-0.15, -0.1) is 0 Å². The van der Waals surface area contributed by atoms with Gasteiger partial charge in [0.2, 0.25) is 0 Å². The molecule has 1 N–H and O–H groups in total. The molecule has 2 saturated carbocycles. The second kappa shape index (κ2) is 7.39. The predicted octanol–water partition coefficient (Wildman–Crippen LogP) is 1.63. The van der Waals surface area contributed by atoms with Crippen molar-refractivity contribution >= 4 is 17.9 Å². The summed E-state index contributed by atoms with van der Waals surface area (Å²) in [6.07, 6.45) is -1.07. The molecule has 6 atom stereocenters. The normalized spacial score (nSPS) is 34.2. The first-order valence-corrected chi connectivity index (χ1v) is 9.08. The molecule has 0 aromatic heterocycles. The van der Waals surface area contributed by atoms with E-state index in [1.807, 2.05) is 0 Å². The summed E-state index contributed by atoms with van der Waals surface area (Å²) in [6, 6.07) is 0. The highest BCUT2D eigenvalue weighted by atomic mass is 16.6. The van der Waals surface area contributed by atoms with E-state index < -0.39 is 48.7 Å². The lowest BCUT2D eigenvalue weighted by Crippen LogP contribution is -2.36. The van der Waals surface area contributed by atoms with E-state index in [1.165, 1.54) is 6.92 Å². The highest BCUT2D eigenvalue weighted by molar-refractivity contribution is 5.92. The van der Waals surface area contributed by atoms with Crippen molar-refractivity contribution in [3.8, 4) is 0 Å². The molecule has 3 rings (SSSR count). The Balaban J connectivity index is 1.94. The molecule has 0 unspecified atom stereocenters. The molecule has 1 saturated heterocycles. The number of rotatable bonds is 4. The minimum Gasteiger partial charge on any atom is -0.458 e. The van der Waals surface area contributed by atoms with E-state index in [-0.39, 0.29) is 23.0 Å². The number of hydrogen-bond donors (Lipinski definition) is 1. The molecule has 2 aliphatic carbocycles. The summed E-state index contributed by atoms with van der Waals surface area (Å²) in [5.41, 5.74) is 1.59. The molecule has 1 heterocycles. The Morgan fingerprint density at radius 1 is 1.21 bits per heavy atom. The van der Waals surface area contributed by atoms with E-state index >= 15 is 0 Å². The first-order chi connectivity index (χ1) is 13.1. The lowest BCUT2D eigenvalue weighted by Gasteiger charge is -2.28. The Bertz CT molecular complexity index is 793. The van der Waals surface area contributed by atoms with Gasteiger partial charge >= 0.3 is 17.9 Å². The van der Waals surface area contributed by atoms with E-state index in [2.05, 4.69) is 26.3 Å². The molecule has 0 radical (unpaired) electrons. The maximum Gasteiger partial charge on any atom is 0.336 e. The van der Waals surface area contributed by atoms with Crippen LogP contribution >= 0.6 is 0 Å². The third kappa shape index (κ3) is 3.30. The van der Waals surface area contributed by atoms with Gasteiger partial charge in [-0.25, -0.2) is 9.59 Å². The molecule has 7 heteroatoms. The molecule has 1 aliphatic heterocycles. The number of hydrogen-bond acceptors (Lipinski definition) is 7. The summed E-state index contributed by atoms with van der Waals surface area (Å²) in [5.74, 6) is -2.72. The zero-order chi connectivity index (χ0) is 20.7. The van der Waals surface area contributed by atoms with Crippen LogP contribution in [0.1, 0.15) is 19.8 Å². The Kier molecular flexibility index (Phi) is 5.30. The minimum absolute atomic E-state index is 0.0817. The number of fused-ring (bicyclic) bond motifs is 3. The van der Waals surface area contributed by atoms with Crippen molar-refractivity contribution in [1.29, 1.82) is 0 Å². The van der Waals surface area contributed by atoms with Crippen molar-refractivity contribution in [1.82, 2.24) is 0 Å². The summed E-state index contributed by atoms with van der Waals surface area (Å²) >= 11 is 0. The maximum atomic E-state index is 12.3. The molecule has 7 nitrogen and oxygen atoms in total. The lowest BCUT2D eigenvalue weighted by atomic mass is 9.81. The Morgan fingerprint density at radius 3 is 2.50 bits per heavy atom. The fourth-order valence-corrected chi connectivity index (χ4v) is 4.46. The summed E-state index contributed by atoms with van der Waals surface area (Å²) < 4.78 is 16.5. The van der Waals surface area contributed by atoms with E-state index in [4.69, 9.17) is 19.3 Å². The Morgan fingerprint density at radius 2 is 1.89 bits per heavy atom. The SMILES string of the molecule is C=C(CO)C(=O)O[C@H]1CC(=C)[C@@H]2C[C@H](OC(C)=O)C(=C)[C@@H]2[C@H]2OC(=O)C(=C)[C@@H]21. The van der Waals surface area contributed by atoms with Crippen LogP contribution in [0.4, 0.5) is 0 Å². The first-order valence-electron chi connectivity index (χ1n) is 9.08. The fourth-order valence-electron chi connectivity index (χ4n) is 4.46. The third-order valence-electron chi connectivity index (χ3n) is 5.79. The standard InChI is InChI=1S/C21H24O7/c1-9-6-16(27-20(24)10(2)8-22)18-12(4)21(25)28-19(18)17-11(3)15(7-14(9)17)26-13(5)23/h14-19,22H,1-4,6-8H2,5H3/t14-,15-,16-,17-,18+,19+/m0/s1. The van der Waals surface area contributed by atoms with Crippen molar-refractivity contribution in [2.45, 2.75) is 38.1 Å². The molecule has 0 amide bonds. The third-order valence-corrected chi connectivity index (χ3v) is 5.79. The van der Waals surface area contributed by atoms with Crippen LogP contribution in [0.5, 0.6) is 0 Å². The Labute approximate surface area is 163 Å². The Hall–Kier alpha value is -2.67. The highest BCUT2D eigenvalue weighted by Gasteiger charge is 2.57. The molecule has 150 valence electrons. The molecule has 28 heavy (non-hydrogen) atoms. The van der Waals surface area contributed by atoms with Gasteiger partial charge in [0, 0.05) is 24.8 Å². The molecule has 0 aromatic carbocycles. The first kappa shape index (κ1) is 20.1. The summed E-state index contributed by atoms with van der Waals surface area (Å²) in [6.45, 7) is 16.4. The zero-order valence-electron chi connectivity index (χ0n) is 15.8. The number of carbonyl (C=O) groups is 3. The van der Waals surface area contributed by atoms with E-state index in [0.29, 0.717) is 18.4 Å². The van der Waals surface area contributed by atoms with Crippen LogP contribution in [0.25, 0.3) is 0 Å². The molecule has 3 fully saturated rings. The van der Waals surface area contributed by atoms with Crippen molar-refractivity contribution in [2.75, 3.05) is 6.61 Å². The number of ether oxygens (including phenoxy) is 3. The van der Waals surface area contributed by atoms with Crippen LogP contribution in [0.15, 0.2) is 48.6 Å². The molecular weight excluding hydrogens is 364 g/mol. The number of aliphatic hydroxyl groups is 1. The smallest absolute Gasteiger partial charge is 0.336 e. The van der Waals surface area contributed by atoms with Crippen LogP contribution in [0.3, 0.4) is 0 Å². The average Bonchev–Trinajstić information content (AvgIpc) is 3.06. The van der Waals surface area contributed by atoms with Gasteiger partial charge in [-0.2, -0.15) is 0 Å². The van der Waals surface area contributed by atoms with Gasteiger partial charge in [0.25, 0.3) is 0 Å². The molecule has 0 bridgehead atoms. The van der Waals surface area contributed by atoms with Gasteiger partial charge in [0.15, 0.2) is 0 Å². The van der Waals surface area contributed by atoms with Crippen LogP contribution in [0.2, 0.25) is 0 Å². The van der Waals surface area contributed by atoms with Gasteiger partial charge in [0.1, 0.15) is 18.3 Å². The van der Waals surface area contributed by atoms with E-state index in [1.54, 1.807) is 0 Å². The molecule has 0 spiro atoms. The lowest BCUT2D eigenvalue weighted by molar-refractivity contribution is -0.149. The van der Waals surface area contributed by atoms with E-state index in [9.17, 15) is 14.4 Å². The monoisotopic (exact) mass is 388 g/mol. The molecule has 0 aromatic rings. The fraction of sp³-hybridized carbons (Fsp3) is 0.476. The van der Waals surface area contributed by atoms with Crippen LogP contribution in [0, 0.1) is 17.8 Å². The van der Waals surface area contributed by atoms with E-state index in [0.717, 1.165) is 5.57 Å². The second-order valence-electron chi connectivity index (χ2n) is 7.53. The highest BCUT2D eigenvalue weighted by Crippen LogP contribution is 2.53. The van der Waals surface area contributed by atoms with Crippen molar-refractivity contribution in [2.24, 2.45) is 17.8 Å². The van der Waals surface area contributed by atoms with Crippen molar-refractivity contribution < 1.29 is 33.7 Å². The number of esters is 3. The summed E-state index contributed by atoms with van der Waals surface area (Å²) in [4.78, 5) is 35.9. The van der Waals surface area contributed by atoms with Gasteiger partial charge in [-0.1, -0.05) is 31.9 Å². The van der Waals surface area contributed by atoms with Gasteiger partial charge in [0.05, 0.1) is 18.1 Å². The largest absolute Gasteiger partial charge is 0.458 e. The molecule has 3 aliphatic rings. The van der Waals surface area contributed by atoms with Crippen LogP contribution in [-0.2, 0) is 28.6 Å².